The summed E-state index contributed by atoms with van der Waals surface area (Å²) in [6.07, 6.45) is 38.8. The van der Waals surface area contributed by atoms with E-state index in [0.29, 0.717) is 12.8 Å². The third kappa shape index (κ3) is 37.3. The van der Waals surface area contributed by atoms with Gasteiger partial charge in [0.05, 0.1) is 38.6 Å². The van der Waals surface area contributed by atoms with Gasteiger partial charge in [-0.25, -0.2) is 0 Å². The maximum atomic E-state index is 13.4. The normalized spacial score (nSPS) is 27.6. The molecule has 3 aliphatic heterocycles. The summed E-state index contributed by atoms with van der Waals surface area (Å²) in [5, 5.41) is 121. The highest BCUT2D eigenvalue weighted by atomic mass is 16.8. The van der Waals surface area contributed by atoms with Gasteiger partial charge >= 0.3 is 0 Å². The molecule has 93 heavy (non-hydrogen) atoms. The van der Waals surface area contributed by atoms with Crippen LogP contribution in [0.5, 0.6) is 0 Å². The van der Waals surface area contributed by atoms with Crippen LogP contribution in [-0.4, -0.2) is 193 Å². The van der Waals surface area contributed by atoms with Crippen molar-refractivity contribution in [2.45, 2.75) is 413 Å². The molecule has 12 N–H and O–H groups in total. The Labute approximate surface area is 562 Å². The average Bonchev–Trinajstić information content (AvgIpc) is 0.994. The van der Waals surface area contributed by atoms with E-state index < -0.39 is 124 Å². The number of nitrogens with one attached hydrogen (secondary N) is 1. The molecule has 17 atom stereocenters. The fourth-order valence-electron chi connectivity index (χ4n) is 13.1. The van der Waals surface area contributed by atoms with E-state index in [2.05, 4.69) is 31.3 Å². The predicted molar refractivity (Wildman–Crippen MR) is 365 cm³/mol. The van der Waals surface area contributed by atoms with Crippen LogP contribution in [0.2, 0.25) is 0 Å². The molecule has 1 amide bonds. The number of aliphatic hydroxyl groups excluding tert-OH is 11. The quantitative estimate of drug-likeness (QED) is 0.0199. The van der Waals surface area contributed by atoms with Gasteiger partial charge in [0.1, 0.15) is 73.2 Å². The van der Waals surface area contributed by atoms with E-state index in [1.54, 1.807) is 6.08 Å². The molecule has 0 bridgehead atoms. The van der Waals surface area contributed by atoms with E-state index in [4.69, 9.17) is 28.4 Å². The summed E-state index contributed by atoms with van der Waals surface area (Å²) in [6.45, 7) is 1.77. The van der Waals surface area contributed by atoms with Crippen molar-refractivity contribution >= 4 is 5.91 Å². The molecule has 19 heteroatoms. The monoisotopic (exact) mass is 1330 g/mol. The lowest BCUT2D eigenvalue weighted by atomic mass is 9.96. The van der Waals surface area contributed by atoms with E-state index in [1.165, 1.54) is 238 Å². The number of allylic oxidation sites excluding steroid dienone is 3. The fraction of sp³-hybridized carbons (Fsp3) is 0.932. The number of unbranched alkanes of at least 4 members (excludes halogenated alkanes) is 42. The molecule has 548 valence electrons. The van der Waals surface area contributed by atoms with Gasteiger partial charge in [0.25, 0.3) is 0 Å². The Kier molecular flexibility index (Phi) is 51.5. The molecule has 0 spiro atoms. The zero-order valence-corrected chi connectivity index (χ0v) is 58.3. The van der Waals surface area contributed by atoms with Gasteiger partial charge in [-0.2, -0.15) is 0 Å². The van der Waals surface area contributed by atoms with Gasteiger partial charge in [0.2, 0.25) is 5.91 Å². The molecular formula is C74H139NO18. The average molecular weight is 1330 g/mol. The number of hydrogen-bond acceptors (Lipinski definition) is 18. The largest absolute Gasteiger partial charge is 0.394 e. The molecule has 0 radical (unpaired) electrons. The minimum atomic E-state index is -1.98. The first-order valence-corrected chi connectivity index (χ1v) is 38.1. The minimum Gasteiger partial charge on any atom is -0.394 e. The molecular weight excluding hydrogens is 1190 g/mol. The van der Waals surface area contributed by atoms with Gasteiger partial charge in [-0.05, 0) is 32.1 Å². The lowest BCUT2D eigenvalue weighted by Crippen LogP contribution is -2.66. The summed E-state index contributed by atoms with van der Waals surface area (Å²) < 4.78 is 34.4. The topological polar surface area (TPSA) is 307 Å². The Morgan fingerprint density at radius 3 is 1.08 bits per heavy atom. The summed E-state index contributed by atoms with van der Waals surface area (Å²) in [4.78, 5) is 13.4. The first-order valence-electron chi connectivity index (χ1n) is 38.1. The number of carbonyl (C=O) groups is 1. The van der Waals surface area contributed by atoms with Crippen LogP contribution in [0.1, 0.15) is 309 Å². The molecule has 17 unspecified atom stereocenters. The van der Waals surface area contributed by atoms with Crippen molar-refractivity contribution in [3.05, 3.63) is 24.3 Å². The summed E-state index contributed by atoms with van der Waals surface area (Å²) in [5.41, 5.74) is 0. The molecule has 0 aliphatic carbocycles. The van der Waals surface area contributed by atoms with Crippen LogP contribution in [0.15, 0.2) is 24.3 Å². The highest BCUT2D eigenvalue weighted by Crippen LogP contribution is 2.33. The number of rotatable bonds is 60. The van der Waals surface area contributed by atoms with Crippen molar-refractivity contribution in [1.29, 1.82) is 0 Å². The second kappa shape index (κ2) is 56.1. The maximum Gasteiger partial charge on any atom is 0.220 e. The molecule has 3 aliphatic rings. The standard InChI is InChI=1S/C74H139NO18/c1-3-5-7-9-11-13-15-17-19-21-23-25-27-28-29-30-31-33-35-37-39-41-43-45-47-49-51-58(79)57(75-62(80)52-50-48-46-44-42-40-38-36-34-32-26-24-22-20-18-16-14-12-10-8-6-4-2)56-88-72-68(86)65(83)70(60(54-77)90-72)93-74-69(87)66(84)71(61(55-78)91-74)92-73-67(85)64(82)63(81)59(53-76)89-73/h41,43,49,51,57-61,63-74,76-79,81-87H,3-40,42,44-48,50,52-56H2,1-2H3,(H,75,80)/b43-41+,51-49+. The zero-order chi connectivity index (χ0) is 67.5. The minimum absolute atomic E-state index is 0.241. The number of hydrogen-bond donors (Lipinski definition) is 12. The van der Waals surface area contributed by atoms with E-state index in [1.807, 2.05) is 6.08 Å². The zero-order valence-electron chi connectivity index (χ0n) is 58.3. The lowest BCUT2D eigenvalue weighted by molar-refractivity contribution is -0.379. The summed E-state index contributed by atoms with van der Waals surface area (Å²) >= 11 is 0. The van der Waals surface area contributed by atoms with Crippen LogP contribution in [0.25, 0.3) is 0 Å². The van der Waals surface area contributed by atoms with E-state index in [-0.39, 0.29) is 18.9 Å². The second-order valence-corrected chi connectivity index (χ2v) is 27.5. The van der Waals surface area contributed by atoms with Crippen molar-refractivity contribution in [3.63, 3.8) is 0 Å². The number of amides is 1. The highest BCUT2D eigenvalue weighted by molar-refractivity contribution is 5.76. The first kappa shape index (κ1) is 85.5. The number of carbonyl (C=O) groups excluding carboxylic acids is 1. The van der Waals surface area contributed by atoms with E-state index in [9.17, 15) is 61.0 Å². The summed E-state index contributed by atoms with van der Waals surface area (Å²) in [5.74, 6) is -0.278. The van der Waals surface area contributed by atoms with Gasteiger partial charge in [0.15, 0.2) is 18.9 Å². The molecule has 3 saturated heterocycles. The Morgan fingerprint density at radius 1 is 0.376 bits per heavy atom. The van der Waals surface area contributed by atoms with E-state index in [0.717, 1.165) is 38.5 Å². The van der Waals surface area contributed by atoms with Gasteiger partial charge in [0, 0.05) is 6.42 Å². The molecule has 3 rings (SSSR count). The maximum absolute atomic E-state index is 13.4. The number of ether oxygens (including phenoxy) is 6. The molecule has 0 aromatic carbocycles. The van der Waals surface area contributed by atoms with Crippen molar-refractivity contribution in [3.8, 4) is 0 Å². The van der Waals surface area contributed by atoms with Crippen molar-refractivity contribution < 1.29 is 89.4 Å². The molecule has 0 saturated carbocycles. The van der Waals surface area contributed by atoms with Gasteiger partial charge in [-0.3, -0.25) is 4.79 Å². The third-order valence-electron chi connectivity index (χ3n) is 19.3. The van der Waals surface area contributed by atoms with Crippen molar-refractivity contribution in [1.82, 2.24) is 5.32 Å². The summed E-state index contributed by atoms with van der Waals surface area (Å²) in [6, 6.07) is -0.987. The Bertz CT molecular complexity index is 1780. The van der Waals surface area contributed by atoms with Crippen LogP contribution in [0.3, 0.4) is 0 Å². The van der Waals surface area contributed by atoms with Gasteiger partial charge in [-0.15, -0.1) is 0 Å². The SMILES string of the molecule is CCCCCCCCCCCCCCCCCCCCCC/C=C/CC/C=C/C(O)C(COC1OC(CO)C(OC2OC(CO)C(OC3OC(CO)C(O)C(O)C3O)C(O)C2O)C(O)C1O)NC(=O)CCCCCCCCCCCCCCCCCCCCCCCC. The molecule has 3 fully saturated rings. The van der Waals surface area contributed by atoms with Gasteiger partial charge in [-0.1, -0.05) is 295 Å². The molecule has 3 heterocycles. The fourth-order valence-corrected chi connectivity index (χ4v) is 13.1. The Balaban J connectivity index is 1.42. The van der Waals surface area contributed by atoms with Crippen LogP contribution in [0, 0.1) is 0 Å². The smallest absolute Gasteiger partial charge is 0.220 e. The molecule has 0 aromatic rings. The van der Waals surface area contributed by atoms with Gasteiger partial charge < -0.3 is 89.9 Å². The molecule has 19 nitrogen and oxygen atoms in total. The lowest BCUT2D eigenvalue weighted by Gasteiger charge is -2.48. The van der Waals surface area contributed by atoms with E-state index >= 15 is 0 Å². The Hall–Kier alpha value is -1.73. The number of aliphatic hydroxyl groups is 11. The van der Waals surface area contributed by atoms with Crippen LogP contribution < -0.4 is 5.32 Å². The third-order valence-corrected chi connectivity index (χ3v) is 19.3. The second-order valence-electron chi connectivity index (χ2n) is 27.5. The van der Waals surface area contributed by atoms with Crippen molar-refractivity contribution in [2.24, 2.45) is 0 Å². The summed E-state index contributed by atoms with van der Waals surface area (Å²) in [7, 11) is 0. The molecule has 0 aromatic heterocycles. The highest BCUT2D eigenvalue weighted by Gasteiger charge is 2.53. The van der Waals surface area contributed by atoms with Crippen molar-refractivity contribution in [2.75, 3.05) is 26.4 Å². The predicted octanol–water partition coefficient (Wildman–Crippen LogP) is 11.4. The first-order chi connectivity index (χ1) is 45.3. The van der Waals surface area contributed by atoms with Crippen LogP contribution >= 0.6 is 0 Å². The van der Waals surface area contributed by atoms with Crippen LogP contribution in [-0.2, 0) is 33.2 Å². The van der Waals surface area contributed by atoms with Crippen LogP contribution in [0.4, 0.5) is 0 Å². The Morgan fingerprint density at radius 2 is 0.688 bits per heavy atom.